The number of nitrogens with one attached hydrogen (secondary N) is 1. The molecule has 2 unspecified atom stereocenters. The quantitative estimate of drug-likeness (QED) is 0.567. The number of ether oxygens (including phenoxy) is 1. The van der Waals surface area contributed by atoms with Crippen LogP contribution in [0, 0.1) is 6.92 Å². The van der Waals surface area contributed by atoms with E-state index >= 15 is 0 Å². The average molecular weight is 450 g/mol. The molecular formula is C24H27N5O4. The Morgan fingerprint density at radius 2 is 1.94 bits per heavy atom. The summed E-state index contributed by atoms with van der Waals surface area (Å²) in [5.41, 5.74) is 3.65. The van der Waals surface area contributed by atoms with Crippen molar-refractivity contribution in [2.45, 2.75) is 38.6 Å². The van der Waals surface area contributed by atoms with Gasteiger partial charge in [0.25, 0.3) is 5.91 Å². The minimum atomic E-state index is -0.768. The third-order valence-electron chi connectivity index (χ3n) is 5.64. The number of para-hydroxylation sites is 1. The maximum atomic E-state index is 13.5. The molecule has 2 aromatic carbocycles. The molecule has 9 heteroatoms. The molecule has 1 aliphatic heterocycles. The van der Waals surface area contributed by atoms with Gasteiger partial charge < -0.3 is 20.1 Å². The van der Waals surface area contributed by atoms with Crippen LogP contribution in [0.4, 0.5) is 0 Å². The van der Waals surface area contributed by atoms with Crippen molar-refractivity contribution in [3.63, 3.8) is 0 Å². The number of aliphatic hydroxyl groups is 1. The van der Waals surface area contributed by atoms with E-state index in [2.05, 4.69) is 15.6 Å². The second-order valence-corrected chi connectivity index (χ2v) is 8.17. The van der Waals surface area contributed by atoms with Gasteiger partial charge in [0, 0.05) is 26.6 Å². The molecule has 0 bridgehead atoms. The SMILES string of the molecule is COCc1cn(-c2ccccc2C(=O)N2CC(O)CC2C(=O)NCc2ccc(C)cc2)nn1. The van der Waals surface area contributed by atoms with Crippen LogP contribution >= 0.6 is 0 Å². The maximum absolute atomic E-state index is 13.5. The number of benzene rings is 2. The Morgan fingerprint density at radius 3 is 2.70 bits per heavy atom. The zero-order valence-corrected chi connectivity index (χ0v) is 18.6. The first-order valence-electron chi connectivity index (χ1n) is 10.8. The fraction of sp³-hybridized carbons (Fsp3) is 0.333. The van der Waals surface area contributed by atoms with Crippen molar-refractivity contribution < 1.29 is 19.4 Å². The molecule has 0 spiro atoms. The molecule has 2 atom stereocenters. The Bertz CT molecular complexity index is 1130. The van der Waals surface area contributed by atoms with E-state index in [1.807, 2.05) is 31.2 Å². The lowest BCUT2D eigenvalue weighted by atomic mass is 10.1. The lowest BCUT2D eigenvalue weighted by Crippen LogP contribution is -2.46. The summed E-state index contributed by atoms with van der Waals surface area (Å²) in [5.74, 6) is -0.637. The molecule has 172 valence electrons. The van der Waals surface area contributed by atoms with Crippen LogP contribution in [0.2, 0.25) is 0 Å². The number of amides is 2. The highest BCUT2D eigenvalue weighted by molar-refractivity contribution is 6.00. The topological polar surface area (TPSA) is 110 Å². The Labute approximate surface area is 192 Å². The molecule has 9 nitrogen and oxygen atoms in total. The van der Waals surface area contributed by atoms with Crippen molar-refractivity contribution >= 4 is 11.8 Å². The molecule has 1 fully saturated rings. The van der Waals surface area contributed by atoms with E-state index in [4.69, 9.17) is 4.74 Å². The van der Waals surface area contributed by atoms with Crippen molar-refractivity contribution in [3.8, 4) is 5.69 Å². The van der Waals surface area contributed by atoms with E-state index in [1.165, 1.54) is 9.58 Å². The van der Waals surface area contributed by atoms with Gasteiger partial charge >= 0.3 is 0 Å². The number of carbonyl (C=O) groups is 2. The standard InChI is InChI=1S/C24H27N5O4/c1-16-7-9-17(10-8-16)12-25-23(31)22-11-19(30)14-28(22)24(32)20-5-3-4-6-21(20)29-13-18(15-33-2)26-27-29/h3-10,13,19,22,30H,11-12,14-15H2,1-2H3,(H,25,31). The fourth-order valence-electron chi connectivity index (χ4n) is 3.94. The largest absolute Gasteiger partial charge is 0.391 e. The number of aliphatic hydroxyl groups excluding tert-OH is 1. The van der Waals surface area contributed by atoms with Crippen molar-refractivity contribution in [2.75, 3.05) is 13.7 Å². The number of β-amino-alcohol motifs (C(OH)–C–C–N with tert-alkyl or cyclic N) is 1. The van der Waals surface area contributed by atoms with E-state index in [0.717, 1.165) is 11.1 Å². The number of aryl methyl sites for hydroxylation is 1. The first kappa shape index (κ1) is 22.6. The number of hydrogen-bond donors (Lipinski definition) is 2. The van der Waals surface area contributed by atoms with Gasteiger partial charge in [-0.25, -0.2) is 4.68 Å². The molecule has 1 saturated heterocycles. The molecule has 1 aliphatic rings. The van der Waals surface area contributed by atoms with Gasteiger partial charge in [0.05, 0.1) is 30.2 Å². The molecule has 33 heavy (non-hydrogen) atoms. The highest BCUT2D eigenvalue weighted by Crippen LogP contribution is 2.24. The van der Waals surface area contributed by atoms with Gasteiger partial charge in [-0.2, -0.15) is 0 Å². The molecule has 2 amide bonds. The van der Waals surface area contributed by atoms with Crippen molar-refractivity contribution in [2.24, 2.45) is 0 Å². The molecule has 3 aromatic rings. The first-order chi connectivity index (χ1) is 16.0. The van der Waals surface area contributed by atoms with Gasteiger partial charge in [0.2, 0.25) is 5.91 Å². The molecule has 2 N–H and O–H groups in total. The van der Waals surface area contributed by atoms with E-state index in [1.54, 1.807) is 37.6 Å². The second kappa shape index (κ2) is 9.93. The number of carbonyl (C=O) groups excluding carboxylic acids is 2. The van der Waals surface area contributed by atoms with E-state index in [9.17, 15) is 14.7 Å². The van der Waals surface area contributed by atoms with Crippen molar-refractivity contribution in [1.82, 2.24) is 25.2 Å². The Morgan fingerprint density at radius 1 is 1.18 bits per heavy atom. The molecule has 4 rings (SSSR count). The highest BCUT2D eigenvalue weighted by Gasteiger charge is 2.39. The number of rotatable bonds is 7. The minimum Gasteiger partial charge on any atom is -0.391 e. The fourth-order valence-corrected chi connectivity index (χ4v) is 3.94. The van der Waals surface area contributed by atoms with Crippen LogP contribution in [0.3, 0.4) is 0 Å². The van der Waals surface area contributed by atoms with Crippen LogP contribution in [0.15, 0.2) is 54.7 Å². The Balaban J connectivity index is 1.53. The summed E-state index contributed by atoms with van der Waals surface area (Å²) < 4.78 is 6.60. The van der Waals surface area contributed by atoms with Crippen LogP contribution in [0.25, 0.3) is 5.69 Å². The highest BCUT2D eigenvalue weighted by atomic mass is 16.5. The Kier molecular flexibility index (Phi) is 6.81. The number of hydrogen-bond acceptors (Lipinski definition) is 6. The van der Waals surface area contributed by atoms with Crippen LogP contribution in [-0.2, 0) is 22.7 Å². The summed E-state index contributed by atoms with van der Waals surface area (Å²) in [6.07, 6.45) is 1.12. The van der Waals surface area contributed by atoms with Gasteiger partial charge in [-0.15, -0.1) is 5.10 Å². The predicted molar refractivity (Wildman–Crippen MR) is 121 cm³/mol. The van der Waals surface area contributed by atoms with Crippen LogP contribution in [0.1, 0.15) is 33.6 Å². The zero-order chi connectivity index (χ0) is 23.4. The van der Waals surface area contributed by atoms with Gasteiger partial charge in [-0.05, 0) is 24.6 Å². The average Bonchev–Trinajstić information content (AvgIpc) is 3.45. The predicted octanol–water partition coefficient (Wildman–Crippen LogP) is 1.61. The lowest BCUT2D eigenvalue weighted by molar-refractivity contribution is -0.125. The number of nitrogens with zero attached hydrogens (tertiary/aromatic N) is 4. The summed E-state index contributed by atoms with van der Waals surface area (Å²) in [6, 6.07) is 14.1. The second-order valence-electron chi connectivity index (χ2n) is 8.17. The van der Waals surface area contributed by atoms with Gasteiger partial charge in [0.15, 0.2) is 0 Å². The molecule has 0 aliphatic carbocycles. The zero-order valence-electron chi connectivity index (χ0n) is 18.6. The third kappa shape index (κ3) is 5.10. The first-order valence-corrected chi connectivity index (χ1v) is 10.8. The number of methoxy groups -OCH3 is 1. The normalized spacial score (nSPS) is 17.8. The van der Waals surface area contributed by atoms with E-state index in [-0.39, 0.29) is 24.8 Å². The maximum Gasteiger partial charge on any atom is 0.256 e. The minimum absolute atomic E-state index is 0.0854. The van der Waals surface area contributed by atoms with Gasteiger partial charge in [-0.3, -0.25) is 9.59 Å². The smallest absolute Gasteiger partial charge is 0.256 e. The van der Waals surface area contributed by atoms with E-state index < -0.39 is 12.1 Å². The molecular weight excluding hydrogens is 422 g/mol. The molecule has 0 radical (unpaired) electrons. The van der Waals surface area contributed by atoms with Crippen LogP contribution in [-0.4, -0.2) is 62.6 Å². The monoisotopic (exact) mass is 449 g/mol. The third-order valence-corrected chi connectivity index (χ3v) is 5.64. The molecule has 0 saturated carbocycles. The summed E-state index contributed by atoms with van der Waals surface area (Å²) in [5, 5.41) is 21.3. The van der Waals surface area contributed by atoms with E-state index in [0.29, 0.717) is 30.1 Å². The van der Waals surface area contributed by atoms with Crippen molar-refractivity contribution in [1.29, 1.82) is 0 Å². The number of likely N-dealkylation sites (tertiary alicyclic amines) is 1. The molecule has 2 heterocycles. The Hall–Kier alpha value is -3.56. The van der Waals surface area contributed by atoms with Crippen LogP contribution < -0.4 is 5.32 Å². The summed E-state index contributed by atoms with van der Waals surface area (Å²) in [4.78, 5) is 27.9. The summed E-state index contributed by atoms with van der Waals surface area (Å²) in [6.45, 7) is 2.74. The summed E-state index contributed by atoms with van der Waals surface area (Å²) in [7, 11) is 1.57. The van der Waals surface area contributed by atoms with Crippen LogP contribution in [0.5, 0.6) is 0 Å². The summed E-state index contributed by atoms with van der Waals surface area (Å²) >= 11 is 0. The van der Waals surface area contributed by atoms with Gasteiger partial charge in [0.1, 0.15) is 11.7 Å². The number of aromatic nitrogens is 3. The lowest BCUT2D eigenvalue weighted by Gasteiger charge is -2.24. The molecule has 1 aromatic heterocycles. The van der Waals surface area contributed by atoms with Gasteiger partial charge in [-0.1, -0.05) is 47.2 Å². The van der Waals surface area contributed by atoms with Crippen molar-refractivity contribution in [3.05, 3.63) is 77.1 Å².